The van der Waals surface area contributed by atoms with E-state index in [1.807, 2.05) is 12.1 Å². The third kappa shape index (κ3) is 2.26. The molecule has 0 radical (unpaired) electrons. The Kier molecular flexibility index (Phi) is 3.41. The first kappa shape index (κ1) is 13.4. The van der Waals surface area contributed by atoms with Crippen LogP contribution in [0, 0.1) is 12.3 Å². The quantitative estimate of drug-likeness (QED) is 0.887. The Morgan fingerprint density at radius 1 is 1.28 bits per heavy atom. The van der Waals surface area contributed by atoms with Crippen molar-refractivity contribution in [3.8, 4) is 5.75 Å². The molecule has 2 rings (SSSR count). The molecular weight excluding hydrogens is 224 g/mol. The largest absolute Gasteiger partial charge is 0.496 e. The van der Waals surface area contributed by atoms with Gasteiger partial charge in [0.25, 0.3) is 0 Å². The van der Waals surface area contributed by atoms with Crippen molar-refractivity contribution in [2.45, 2.75) is 52.1 Å². The predicted molar refractivity (Wildman–Crippen MR) is 74.0 cm³/mol. The summed E-state index contributed by atoms with van der Waals surface area (Å²) in [6, 6.07) is 6.17. The van der Waals surface area contributed by atoms with E-state index in [9.17, 15) is 5.11 Å². The highest BCUT2D eigenvalue weighted by atomic mass is 16.5. The lowest BCUT2D eigenvalue weighted by molar-refractivity contribution is -0.0422. The summed E-state index contributed by atoms with van der Waals surface area (Å²) < 4.78 is 5.41. The summed E-state index contributed by atoms with van der Waals surface area (Å²) in [5.41, 5.74) is 1.72. The van der Waals surface area contributed by atoms with Crippen LogP contribution in [0.5, 0.6) is 5.75 Å². The lowest BCUT2D eigenvalue weighted by Crippen LogP contribution is -2.41. The standard InChI is InChI=1S/C16H24O2/c1-12-6-7-14(18-4)13(10-12)11-16(17)9-5-8-15(16,2)3/h6-7,10,17H,5,8-9,11H2,1-4H3. The normalized spacial score (nSPS) is 26.3. The van der Waals surface area contributed by atoms with Gasteiger partial charge in [-0.15, -0.1) is 0 Å². The smallest absolute Gasteiger partial charge is 0.122 e. The van der Waals surface area contributed by atoms with Gasteiger partial charge < -0.3 is 9.84 Å². The van der Waals surface area contributed by atoms with Gasteiger partial charge in [-0.3, -0.25) is 0 Å². The van der Waals surface area contributed by atoms with Crippen molar-refractivity contribution in [1.29, 1.82) is 0 Å². The molecule has 1 unspecified atom stereocenters. The summed E-state index contributed by atoms with van der Waals surface area (Å²) in [6.45, 7) is 6.41. The number of ether oxygens (including phenoxy) is 1. The van der Waals surface area contributed by atoms with Crippen LogP contribution in [-0.2, 0) is 6.42 Å². The van der Waals surface area contributed by atoms with Crippen LogP contribution in [0.25, 0.3) is 0 Å². The van der Waals surface area contributed by atoms with Crippen LogP contribution in [0.4, 0.5) is 0 Å². The summed E-state index contributed by atoms with van der Waals surface area (Å²) in [5.74, 6) is 0.886. The van der Waals surface area contributed by atoms with E-state index >= 15 is 0 Å². The summed E-state index contributed by atoms with van der Waals surface area (Å²) in [7, 11) is 1.69. The molecule has 0 bridgehead atoms. The van der Waals surface area contributed by atoms with Gasteiger partial charge >= 0.3 is 0 Å². The average Bonchev–Trinajstić information content (AvgIpc) is 2.53. The van der Waals surface area contributed by atoms with Crippen LogP contribution < -0.4 is 4.74 Å². The molecule has 2 heteroatoms. The maximum absolute atomic E-state index is 10.9. The fourth-order valence-electron chi connectivity index (χ4n) is 3.08. The van der Waals surface area contributed by atoms with E-state index in [2.05, 4.69) is 26.8 Å². The topological polar surface area (TPSA) is 29.5 Å². The molecule has 1 aliphatic rings. The summed E-state index contributed by atoms with van der Waals surface area (Å²) in [4.78, 5) is 0. The number of hydrogen-bond acceptors (Lipinski definition) is 2. The Labute approximate surface area is 110 Å². The Morgan fingerprint density at radius 3 is 2.56 bits per heavy atom. The first-order valence-corrected chi connectivity index (χ1v) is 6.74. The van der Waals surface area contributed by atoms with Gasteiger partial charge in [0.1, 0.15) is 5.75 Å². The van der Waals surface area contributed by atoms with Gasteiger partial charge in [-0.2, -0.15) is 0 Å². The minimum absolute atomic E-state index is 0.0121. The molecule has 0 amide bonds. The molecule has 1 aromatic rings. The molecule has 1 saturated carbocycles. The molecule has 0 spiro atoms. The van der Waals surface area contributed by atoms with Gasteiger partial charge in [-0.1, -0.05) is 31.5 Å². The van der Waals surface area contributed by atoms with Crippen molar-refractivity contribution in [2.24, 2.45) is 5.41 Å². The molecule has 0 aliphatic heterocycles. The molecule has 2 nitrogen and oxygen atoms in total. The van der Waals surface area contributed by atoms with E-state index in [4.69, 9.17) is 4.74 Å². The second-order valence-corrected chi connectivity index (χ2v) is 6.26. The molecule has 1 aliphatic carbocycles. The monoisotopic (exact) mass is 248 g/mol. The third-order valence-corrected chi connectivity index (χ3v) is 4.57. The molecule has 1 aromatic carbocycles. The predicted octanol–water partition coefficient (Wildman–Crippen LogP) is 3.49. The van der Waals surface area contributed by atoms with Crippen molar-refractivity contribution in [2.75, 3.05) is 7.11 Å². The zero-order chi connectivity index (χ0) is 13.4. The van der Waals surface area contributed by atoms with Crippen LogP contribution in [0.2, 0.25) is 0 Å². The van der Waals surface area contributed by atoms with Gasteiger partial charge in [0, 0.05) is 6.42 Å². The molecule has 1 fully saturated rings. The first-order chi connectivity index (χ1) is 8.38. The summed E-state index contributed by atoms with van der Waals surface area (Å²) in [6.07, 6.45) is 3.78. The summed E-state index contributed by atoms with van der Waals surface area (Å²) in [5, 5.41) is 10.9. The van der Waals surface area contributed by atoms with Crippen LogP contribution in [-0.4, -0.2) is 17.8 Å². The van der Waals surface area contributed by atoms with Crippen molar-refractivity contribution >= 4 is 0 Å². The lowest BCUT2D eigenvalue weighted by Gasteiger charge is -2.37. The fourth-order valence-corrected chi connectivity index (χ4v) is 3.08. The van der Waals surface area contributed by atoms with Crippen LogP contribution in [0.3, 0.4) is 0 Å². The van der Waals surface area contributed by atoms with Crippen molar-refractivity contribution in [3.05, 3.63) is 29.3 Å². The number of methoxy groups -OCH3 is 1. The zero-order valence-electron chi connectivity index (χ0n) is 11.9. The van der Waals surface area contributed by atoms with Crippen molar-refractivity contribution < 1.29 is 9.84 Å². The Balaban J connectivity index is 2.31. The second kappa shape index (κ2) is 4.58. The molecule has 1 atom stereocenters. The highest BCUT2D eigenvalue weighted by molar-refractivity contribution is 5.38. The first-order valence-electron chi connectivity index (χ1n) is 6.74. The van der Waals surface area contributed by atoms with Gasteiger partial charge in [0.15, 0.2) is 0 Å². The lowest BCUT2D eigenvalue weighted by atomic mass is 9.74. The maximum Gasteiger partial charge on any atom is 0.122 e. The van der Waals surface area contributed by atoms with Gasteiger partial charge in [0.2, 0.25) is 0 Å². The van der Waals surface area contributed by atoms with E-state index in [-0.39, 0.29) is 5.41 Å². The van der Waals surface area contributed by atoms with Crippen LogP contribution in [0.15, 0.2) is 18.2 Å². The van der Waals surface area contributed by atoms with E-state index in [0.29, 0.717) is 6.42 Å². The van der Waals surface area contributed by atoms with E-state index in [1.54, 1.807) is 7.11 Å². The maximum atomic E-state index is 10.9. The molecule has 100 valence electrons. The number of rotatable bonds is 3. The zero-order valence-corrected chi connectivity index (χ0v) is 11.9. The SMILES string of the molecule is COc1ccc(C)cc1CC1(O)CCCC1(C)C. The molecule has 0 aromatic heterocycles. The van der Waals surface area contributed by atoms with Crippen LogP contribution >= 0.6 is 0 Å². The number of benzene rings is 1. The second-order valence-electron chi connectivity index (χ2n) is 6.26. The number of aliphatic hydroxyl groups is 1. The Bertz CT molecular complexity index is 437. The molecule has 1 N–H and O–H groups in total. The highest BCUT2D eigenvalue weighted by Gasteiger charge is 2.47. The molecular formula is C16H24O2. The van der Waals surface area contributed by atoms with Gasteiger partial charge in [0.05, 0.1) is 12.7 Å². The van der Waals surface area contributed by atoms with E-state index in [1.165, 1.54) is 5.56 Å². The minimum atomic E-state index is -0.603. The minimum Gasteiger partial charge on any atom is -0.496 e. The number of hydrogen-bond donors (Lipinski definition) is 1. The van der Waals surface area contributed by atoms with E-state index in [0.717, 1.165) is 30.6 Å². The van der Waals surface area contributed by atoms with Crippen LogP contribution in [0.1, 0.15) is 44.2 Å². The van der Waals surface area contributed by atoms with Gasteiger partial charge in [-0.25, -0.2) is 0 Å². The average molecular weight is 248 g/mol. The highest BCUT2D eigenvalue weighted by Crippen LogP contribution is 2.48. The summed E-state index contributed by atoms with van der Waals surface area (Å²) >= 11 is 0. The Morgan fingerprint density at radius 2 is 2.00 bits per heavy atom. The van der Waals surface area contributed by atoms with E-state index < -0.39 is 5.60 Å². The number of aryl methyl sites for hydroxylation is 1. The molecule has 0 heterocycles. The van der Waals surface area contributed by atoms with Crippen molar-refractivity contribution in [3.63, 3.8) is 0 Å². The molecule has 0 saturated heterocycles. The van der Waals surface area contributed by atoms with Gasteiger partial charge in [-0.05, 0) is 43.2 Å². The fraction of sp³-hybridized carbons (Fsp3) is 0.625. The molecule has 18 heavy (non-hydrogen) atoms. The van der Waals surface area contributed by atoms with Crippen molar-refractivity contribution in [1.82, 2.24) is 0 Å². The third-order valence-electron chi connectivity index (χ3n) is 4.57. The Hall–Kier alpha value is -1.02.